The summed E-state index contributed by atoms with van der Waals surface area (Å²) in [5, 5.41) is 7.28. The molecule has 244 valence electrons. The predicted octanol–water partition coefficient (Wildman–Crippen LogP) is 14.4. The zero-order valence-corrected chi connectivity index (χ0v) is 28.4. The second-order valence-corrected chi connectivity index (χ2v) is 13.3. The van der Waals surface area contributed by atoms with Gasteiger partial charge in [-0.25, -0.2) is 0 Å². The van der Waals surface area contributed by atoms with Crippen LogP contribution in [0.5, 0.6) is 0 Å². The Kier molecular flexibility index (Phi) is 7.18. The first kappa shape index (κ1) is 30.0. The molecule has 0 aliphatic heterocycles. The molecule has 0 bridgehead atoms. The van der Waals surface area contributed by atoms with E-state index in [1.807, 2.05) is 12.1 Å². The molecule has 10 aromatic rings. The van der Waals surface area contributed by atoms with Crippen molar-refractivity contribution in [1.29, 1.82) is 0 Å². The molecule has 0 aliphatic carbocycles. The SMILES string of the molecule is c1ccc(-c2ccc(N(c3ccc(-c4cc5ccccc5c5ccccc45)cc3)c3ccc4c(c3)oc3ccccc34)cc2-c2ccccc2)cc1. The molecule has 0 aliphatic rings. The Morgan fingerprint density at radius 2 is 0.827 bits per heavy atom. The fraction of sp³-hybridized carbons (Fsp3) is 0. The number of para-hydroxylation sites is 1. The van der Waals surface area contributed by atoms with Gasteiger partial charge in [0.05, 0.1) is 0 Å². The summed E-state index contributed by atoms with van der Waals surface area (Å²) in [6.07, 6.45) is 0. The standard InChI is InChI=1S/C50H33NO/c1-3-13-34(14-4-1)42-29-27-39(32-48(42)35-15-5-2-6-16-35)51(40-28-30-46-45-21-11-12-22-49(45)52-50(46)33-40)38-25-23-36(24-26-38)47-31-37-17-7-8-18-41(37)43-19-9-10-20-44(43)47/h1-33H. The Labute approximate surface area is 302 Å². The molecule has 0 radical (unpaired) electrons. The van der Waals surface area contributed by atoms with Gasteiger partial charge in [-0.15, -0.1) is 0 Å². The molecular weight excluding hydrogens is 631 g/mol. The lowest BCUT2D eigenvalue weighted by molar-refractivity contribution is 0.669. The highest BCUT2D eigenvalue weighted by Crippen LogP contribution is 2.43. The van der Waals surface area contributed by atoms with Crippen LogP contribution in [0.25, 0.3) is 76.9 Å². The van der Waals surface area contributed by atoms with Gasteiger partial charge in [0.1, 0.15) is 11.2 Å². The van der Waals surface area contributed by atoms with Gasteiger partial charge < -0.3 is 9.32 Å². The molecule has 2 nitrogen and oxygen atoms in total. The third kappa shape index (κ3) is 5.12. The Bertz CT molecular complexity index is 2890. The van der Waals surface area contributed by atoms with Gasteiger partial charge in [-0.3, -0.25) is 0 Å². The number of rotatable bonds is 6. The van der Waals surface area contributed by atoms with E-state index in [-0.39, 0.29) is 0 Å². The molecule has 0 atom stereocenters. The first-order valence-corrected chi connectivity index (χ1v) is 17.8. The Morgan fingerprint density at radius 3 is 1.60 bits per heavy atom. The number of hydrogen-bond acceptors (Lipinski definition) is 2. The minimum Gasteiger partial charge on any atom is -0.456 e. The van der Waals surface area contributed by atoms with Crippen LogP contribution in [0.3, 0.4) is 0 Å². The van der Waals surface area contributed by atoms with E-state index < -0.39 is 0 Å². The summed E-state index contributed by atoms with van der Waals surface area (Å²) < 4.78 is 6.41. The van der Waals surface area contributed by atoms with E-state index in [0.717, 1.165) is 39.0 Å². The van der Waals surface area contributed by atoms with E-state index in [0.29, 0.717) is 0 Å². The summed E-state index contributed by atoms with van der Waals surface area (Å²) in [5.74, 6) is 0. The number of nitrogens with zero attached hydrogens (tertiary/aromatic N) is 1. The maximum Gasteiger partial charge on any atom is 0.137 e. The van der Waals surface area contributed by atoms with Gasteiger partial charge in [-0.2, -0.15) is 0 Å². The van der Waals surface area contributed by atoms with Gasteiger partial charge in [0.25, 0.3) is 0 Å². The van der Waals surface area contributed by atoms with E-state index in [1.54, 1.807) is 0 Å². The van der Waals surface area contributed by atoms with E-state index >= 15 is 0 Å². The molecule has 0 fully saturated rings. The van der Waals surface area contributed by atoms with Gasteiger partial charge in [-0.1, -0.05) is 146 Å². The molecule has 0 unspecified atom stereocenters. The minimum absolute atomic E-state index is 0.868. The molecule has 0 saturated carbocycles. The average Bonchev–Trinajstić information content (AvgIpc) is 3.60. The largest absolute Gasteiger partial charge is 0.456 e. The van der Waals surface area contributed by atoms with E-state index in [2.05, 4.69) is 193 Å². The Balaban J connectivity index is 1.16. The van der Waals surface area contributed by atoms with Gasteiger partial charge in [0.2, 0.25) is 0 Å². The summed E-state index contributed by atoms with van der Waals surface area (Å²) in [6.45, 7) is 0. The summed E-state index contributed by atoms with van der Waals surface area (Å²) >= 11 is 0. The highest BCUT2D eigenvalue weighted by Gasteiger charge is 2.19. The highest BCUT2D eigenvalue weighted by molar-refractivity contribution is 6.14. The number of benzene rings is 9. The molecule has 0 saturated heterocycles. The minimum atomic E-state index is 0.868. The molecule has 0 amide bonds. The van der Waals surface area contributed by atoms with Crippen molar-refractivity contribution < 1.29 is 4.42 Å². The van der Waals surface area contributed by atoms with E-state index in [1.165, 1.54) is 54.9 Å². The molecular formula is C50H33NO. The lowest BCUT2D eigenvalue weighted by atomic mass is 9.93. The summed E-state index contributed by atoms with van der Waals surface area (Å²) in [7, 11) is 0. The first-order valence-electron chi connectivity index (χ1n) is 17.8. The van der Waals surface area contributed by atoms with Crippen LogP contribution in [0, 0.1) is 0 Å². The molecule has 1 heterocycles. The zero-order chi connectivity index (χ0) is 34.4. The van der Waals surface area contributed by atoms with Crippen LogP contribution >= 0.6 is 0 Å². The van der Waals surface area contributed by atoms with E-state index in [9.17, 15) is 0 Å². The van der Waals surface area contributed by atoms with Crippen LogP contribution < -0.4 is 4.90 Å². The van der Waals surface area contributed by atoms with Crippen molar-refractivity contribution >= 4 is 60.5 Å². The first-order chi connectivity index (χ1) is 25.8. The van der Waals surface area contributed by atoms with Crippen molar-refractivity contribution in [3.8, 4) is 33.4 Å². The summed E-state index contributed by atoms with van der Waals surface area (Å²) in [5.41, 5.74) is 12.1. The molecule has 9 aromatic carbocycles. The van der Waals surface area contributed by atoms with Crippen molar-refractivity contribution in [3.63, 3.8) is 0 Å². The number of furan rings is 1. The Morgan fingerprint density at radius 1 is 0.288 bits per heavy atom. The molecule has 10 rings (SSSR count). The van der Waals surface area contributed by atoms with Crippen molar-refractivity contribution in [3.05, 3.63) is 200 Å². The second-order valence-electron chi connectivity index (χ2n) is 13.3. The van der Waals surface area contributed by atoms with E-state index in [4.69, 9.17) is 4.42 Å². The lowest BCUT2D eigenvalue weighted by Crippen LogP contribution is -2.10. The van der Waals surface area contributed by atoms with Gasteiger partial charge >= 0.3 is 0 Å². The topological polar surface area (TPSA) is 16.4 Å². The summed E-state index contributed by atoms with van der Waals surface area (Å²) in [6, 6.07) is 71.7. The summed E-state index contributed by atoms with van der Waals surface area (Å²) in [4.78, 5) is 2.34. The van der Waals surface area contributed by atoms with Gasteiger partial charge in [-0.05, 0) is 103 Å². The molecule has 1 aromatic heterocycles. The van der Waals surface area contributed by atoms with Crippen LogP contribution in [0.4, 0.5) is 17.1 Å². The third-order valence-corrected chi connectivity index (χ3v) is 10.3. The quantitative estimate of drug-likeness (QED) is 0.165. The Hall–Kier alpha value is -6.90. The molecule has 0 spiro atoms. The van der Waals surface area contributed by atoms with Crippen LogP contribution in [-0.4, -0.2) is 0 Å². The maximum atomic E-state index is 6.41. The van der Waals surface area contributed by atoms with Crippen LogP contribution in [0.15, 0.2) is 205 Å². The van der Waals surface area contributed by atoms with Crippen molar-refractivity contribution in [1.82, 2.24) is 0 Å². The fourth-order valence-corrected chi connectivity index (χ4v) is 7.78. The van der Waals surface area contributed by atoms with Crippen LogP contribution in [0.2, 0.25) is 0 Å². The molecule has 0 N–H and O–H groups in total. The van der Waals surface area contributed by atoms with Crippen LogP contribution in [-0.2, 0) is 0 Å². The monoisotopic (exact) mass is 663 g/mol. The normalized spacial score (nSPS) is 11.5. The van der Waals surface area contributed by atoms with Crippen LogP contribution in [0.1, 0.15) is 0 Å². The van der Waals surface area contributed by atoms with Gasteiger partial charge in [0.15, 0.2) is 0 Å². The lowest BCUT2D eigenvalue weighted by Gasteiger charge is -2.27. The van der Waals surface area contributed by atoms with Gasteiger partial charge in [0, 0.05) is 33.9 Å². The molecule has 52 heavy (non-hydrogen) atoms. The predicted molar refractivity (Wildman–Crippen MR) is 220 cm³/mol. The maximum absolute atomic E-state index is 6.41. The highest BCUT2D eigenvalue weighted by atomic mass is 16.3. The smallest absolute Gasteiger partial charge is 0.137 e. The number of fused-ring (bicyclic) bond motifs is 6. The zero-order valence-electron chi connectivity index (χ0n) is 28.4. The second kappa shape index (κ2) is 12.5. The third-order valence-electron chi connectivity index (χ3n) is 10.3. The number of hydrogen-bond donors (Lipinski definition) is 0. The average molecular weight is 664 g/mol. The molecule has 2 heteroatoms. The number of anilines is 3. The van der Waals surface area contributed by atoms with Crippen molar-refractivity contribution in [2.24, 2.45) is 0 Å². The van der Waals surface area contributed by atoms with Crippen molar-refractivity contribution in [2.45, 2.75) is 0 Å². The fourth-order valence-electron chi connectivity index (χ4n) is 7.78. The van der Waals surface area contributed by atoms with Crippen molar-refractivity contribution in [2.75, 3.05) is 4.90 Å².